The van der Waals surface area contributed by atoms with Crippen LogP contribution < -0.4 is 5.73 Å². The number of aliphatic carboxylic acids is 1. The molecule has 1 aliphatic rings. The third kappa shape index (κ3) is 6.37. The van der Waals surface area contributed by atoms with E-state index < -0.39 is 5.97 Å². The minimum atomic E-state index is -0.838. The van der Waals surface area contributed by atoms with Crippen LogP contribution in [0, 0.1) is 5.92 Å². The average Bonchev–Trinajstić information content (AvgIpc) is 3.21. The minimum Gasteiger partial charge on any atom is -0.481 e. The van der Waals surface area contributed by atoms with E-state index in [1.807, 2.05) is 0 Å². The van der Waals surface area contributed by atoms with Crippen LogP contribution in [0.2, 0.25) is 0 Å². The lowest BCUT2D eigenvalue weighted by Gasteiger charge is -2.23. The molecular formula is C15H28N2O3. The van der Waals surface area contributed by atoms with Gasteiger partial charge in [0.2, 0.25) is 5.91 Å². The summed E-state index contributed by atoms with van der Waals surface area (Å²) in [5.74, 6) is -0.197. The molecule has 0 heterocycles. The van der Waals surface area contributed by atoms with Crippen molar-refractivity contribution in [1.82, 2.24) is 4.90 Å². The van der Waals surface area contributed by atoms with Crippen molar-refractivity contribution >= 4 is 11.9 Å². The van der Waals surface area contributed by atoms with Crippen LogP contribution in [-0.2, 0) is 9.59 Å². The lowest BCUT2D eigenvalue weighted by atomic mass is 9.94. The molecule has 0 radical (unpaired) electrons. The number of carbonyl (C=O) groups excluding carboxylic acids is 1. The standard InChI is InChI=1S/C15H28N2O3/c1-2-3-12(8-10-16)4-7-14(18)17(13-5-6-13)11-9-15(19)20/h12-13H,2-11,16H2,1H3,(H,19,20). The SMILES string of the molecule is CCCC(CCN)CCC(=O)N(CCC(=O)O)C1CC1. The van der Waals surface area contributed by atoms with Crippen molar-refractivity contribution in [2.45, 2.75) is 64.3 Å². The van der Waals surface area contributed by atoms with Crippen LogP contribution in [0.25, 0.3) is 0 Å². The molecule has 5 heteroatoms. The predicted molar refractivity (Wildman–Crippen MR) is 78.3 cm³/mol. The van der Waals surface area contributed by atoms with Crippen LogP contribution in [0.3, 0.4) is 0 Å². The van der Waals surface area contributed by atoms with Gasteiger partial charge >= 0.3 is 5.97 Å². The van der Waals surface area contributed by atoms with Crippen molar-refractivity contribution in [3.63, 3.8) is 0 Å². The zero-order valence-corrected chi connectivity index (χ0v) is 12.5. The van der Waals surface area contributed by atoms with Gasteiger partial charge in [0.05, 0.1) is 6.42 Å². The molecule has 0 aromatic heterocycles. The Labute approximate surface area is 121 Å². The Morgan fingerprint density at radius 1 is 1.25 bits per heavy atom. The van der Waals surface area contributed by atoms with Crippen molar-refractivity contribution in [2.75, 3.05) is 13.1 Å². The smallest absolute Gasteiger partial charge is 0.305 e. The topological polar surface area (TPSA) is 83.6 Å². The van der Waals surface area contributed by atoms with Crippen molar-refractivity contribution in [3.8, 4) is 0 Å². The molecule has 1 saturated carbocycles. The average molecular weight is 284 g/mol. The molecule has 1 amide bonds. The van der Waals surface area contributed by atoms with E-state index >= 15 is 0 Å². The highest BCUT2D eigenvalue weighted by molar-refractivity contribution is 5.77. The summed E-state index contributed by atoms with van der Waals surface area (Å²) < 4.78 is 0. The Morgan fingerprint density at radius 3 is 2.45 bits per heavy atom. The number of amides is 1. The first kappa shape index (κ1) is 17.0. The maximum absolute atomic E-state index is 12.3. The highest BCUT2D eigenvalue weighted by Gasteiger charge is 2.32. The maximum atomic E-state index is 12.3. The summed E-state index contributed by atoms with van der Waals surface area (Å²) in [6.45, 7) is 3.17. The van der Waals surface area contributed by atoms with Crippen molar-refractivity contribution < 1.29 is 14.7 Å². The summed E-state index contributed by atoms with van der Waals surface area (Å²) in [5, 5.41) is 8.75. The third-order valence-electron chi connectivity index (χ3n) is 3.91. The normalized spacial score (nSPS) is 15.9. The van der Waals surface area contributed by atoms with Crippen molar-refractivity contribution in [2.24, 2.45) is 11.7 Å². The Bertz CT molecular complexity index is 310. The van der Waals surface area contributed by atoms with Gasteiger partial charge in [0.15, 0.2) is 0 Å². The van der Waals surface area contributed by atoms with Gasteiger partial charge < -0.3 is 15.7 Å². The van der Waals surface area contributed by atoms with E-state index in [0.717, 1.165) is 38.5 Å². The number of nitrogens with two attached hydrogens (primary N) is 1. The fraction of sp³-hybridized carbons (Fsp3) is 0.867. The van der Waals surface area contributed by atoms with E-state index in [9.17, 15) is 9.59 Å². The molecule has 0 aromatic carbocycles. The lowest BCUT2D eigenvalue weighted by molar-refractivity contribution is -0.138. The number of carboxylic acids is 1. The first-order valence-corrected chi connectivity index (χ1v) is 7.79. The van der Waals surface area contributed by atoms with E-state index in [-0.39, 0.29) is 12.3 Å². The van der Waals surface area contributed by atoms with Gasteiger partial charge in [-0.05, 0) is 38.1 Å². The molecule has 0 aromatic rings. The summed E-state index contributed by atoms with van der Waals surface area (Å²) in [6.07, 6.45) is 6.69. The summed E-state index contributed by atoms with van der Waals surface area (Å²) in [6, 6.07) is 0.293. The lowest BCUT2D eigenvalue weighted by Crippen LogP contribution is -2.35. The van der Waals surface area contributed by atoms with Gasteiger partial charge in [-0.3, -0.25) is 9.59 Å². The molecule has 0 spiro atoms. The van der Waals surface area contributed by atoms with Crippen LogP contribution in [0.15, 0.2) is 0 Å². The quantitative estimate of drug-likeness (QED) is 0.608. The molecule has 0 saturated heterocycles. The molecule has 20 heavy (non-hydrogen) atoms. The minimum absolute atomic E-state index is 0.0451. The van der Waals surface area contributed by atoms with Crippen LogP contribution in [-0.4, -0.2) is 41.0 Å². The van der Waals surface area contributed by atoms with E-state index in [1.165, 1.54) is 0 Å². The maximum Gasteiger partial charge on any atom is 0.305 e. The van der Waals surface area contributed by atoms with E-state index in [2.05, 4.69) is 6.92 Å². The molecule has 1 atom stereocenters. The fourth-order valence-electron chi connectivity index (χ4n) is 2.66. The summed E-state index contributed by atoms with van der Waals surface area (Å²) >= 11 is 0. The number of nitrogens with zero attached hydrogens (tertiary/aromatic N) is 1. The van der Waals surface area contributed by atoms with Gasteiger partial charge in [0.1, 0.15) is 0 Å². The molecule has 1 rings (SSSR count). The monoisotopic (exact) mass is 284 g/mol. The second-order valence-electron chi connectivity index (χ2n) is 5.73. The Hall–Kier alpha value is -1.10. The molecular weight excluding hydrogens is 256 g/mol. The van der Waals surface area contributed by atoms with Crippen LogP contribution in [0.4, 0.5) is 0 Å². The van der Waals surface area contributed by atoms with Crippen LogP contribution in [0.1, 0.15) is 58.3 Å². The number of hydrogen-bond donors (Lipinski definition) is 2. The molecule has 5 nitrogen and oxygen atoms in total. The van der Waals surface area contributed by atoms with Gasteiger partial charge in [-0.15, -0.1) is 0 Å². The van der Waals surface area contributed by atoms with Crippen LogP contribution in [0.5, 0.6) is 0 Å². The number of carbonyl (C=O) groups is 2. The zero-order chi connectivity index (χ0) is 15.0. The highest BCUT2D eigenvalue weighted by Crippen LogP contribution is 2.28. The molecule has 3 N–H and O–H groups in total. The molecule has 116 valence electrons. The summed E-state index contributed by atoms with van der Waals surface area (Å²) in [5.41, 5.74) is 5.60. The second-order valence-corrected chi connectivity index (χ2v) is 5.73. The molecule has 1 fully saturated rings. The first-order valence-electron chi connectivity index (χ1n) is 7.79. The number of rotatable bonds is 11. The Kier molecular flexibility index (Phi) is 7.59. The zero-order valence-electron chi connectivity index (χ0n) is 12.5. The van der Waals surface area contributed by atoms with E-state index in [4.69, 9.17) is 10.8 Å². The van der Waals surface area contributed by atoms with Gasteiger partial charge in [-0.1, -0.05) is 19.8 Å². The van der Waals surface area contributed by atoms with Gasteiger partial charge in [0, 0.05) is 19.0 Å². The first-order chi connectivity index (χ1) is 9.58. The van der Waals surface area contributed by atoms with E-state index in [0.29, 0.717) is 31.5 Å². The Morgan fingerprint density at radius 2 is 1.95 bits per heavy atom. The van der Waals surface area contributed by atoms with Crippen molar-refractivity contribution in [1.29, 1.82) is 0 Å². The van der Waals surface area contributed by atoms with Gasteiger partial charge in [-0.25, -0.2) is 0 Å². The Balaban J connectivity index is 2.38. The predicted octanol–water partition coefficient (Wildman–Crippen LogP) is 2.00. The van der Waals surface area contributed by atoms with Crippen LogP contribution >= 0.6 is 0 Å². The molecule has 0 bridgehead atoms. The van der Waals surface area contributed by atoms with E-state index in [1.54, 1.807) is 4.90 Å². The molecule has 1 aliphatic carbocycles. The summed E-state index contributed by atoms with van der Waals surface area (Å²) in [4.78, 5) is 24.7. The molecule has 0 aliphatic heterocycles. The second kappa shape index (κ2) is 8.95. The molecule has 1 unspecified atom stereocenters. The number of carboxylic acid groups (broad SMARTS) is 1. The van der Waals surface area contributed by atoms with Crippen molar-refractivity contribution in [3.05, 3.63) is 0 Å². The number of hydrogen-bond acceptors (Lipinski definition) is 3. The largest absolute Gasteiger partial charge is 0.481 e. The summed E-state index contributed by atoms with van der Waals surface area (Å²) in [7, 11) is 0. The van der Waals surface area contributed by atoms with Gasteiger partial charge in [0.25, 0.3) is 0 Å². The fourth-order valence-corrected chi connectivity index (χ4v) is 2.66. The third-order valence-corrected chi connectivity index (χ3v) is 3.91. The highest BCUT2D eigenvalue weighted by atomic mass is 16.4. The van der Waals surface area contributed by atoms with Gasteiger partial charge in [-0.2, -0.15) is 0 Å².